The third-order valence-electron chi connectivity index (χ3n) is 2.49. The maximum absolute atomic E-state index is 11.6. The molecule has 2 rings (SSSR count). The fraction of sp³-hybridized carbons (Fsp3) is 0.364. The first kappa shape index (κ1) is 9.06. The van der Waals surface area contributed by atoms with Crippen LogP contribution in [0.5, 0.6) is 0 Å². The molecule has 0 aliphatic carbocycles. The van der Waals surface area contributed by atoms with Crippen LogP contribution in [0, 0.1) is 6.92 Å². The van der Waals surface area contributed by atoms with E-state index in [2.05, 4.69) is 11.4 Å². The summed E-state index contributed by atoms with van der Waals surface area (Å²) in [5.74, 6) is 0.144. The molecule has 3 heteroatoms. The minimum atomic E-state index is 0.144. The second-order valence-corrected chi connectivity index (χ2v) is 3.51. The van der Waals surface area contributed by atoms with E-state index in [0.29, 0.717) is 6.54 Å². The van der Waals surface area contributed by atoms with Gasteiger partial charge in [0.05, 0.1) is 17.9 Å². The van der Waals surface area contributed by atoms with E-state index in [9.17, 15) is 4.79 Å². The van der Waals surface area contributed by atoms with E-state index in [0.717, 1.165) is 17.9 Å². The van der Waals surface area contributed by atoms with Gasteiger partial charge in [-0.2, -0.15) is 0 Å². The van der Waals surface area contributed by atoms with Gasteiger partial charge in [0.1, 0.15) is 0 Å². The van der Waals surface area contributed by atoms with Crippen LogP contribution in [0.25, 0.3) is 0 Å². The quantitative estimate of drug-likeness (QED) is 0.732. The van der Waals surface area contributed by atoms with Crippen LogP contribution in [0.2, 0.25) is 0 Å². The van der Waals surface area contributed by atoms with Crippen LogP contribution >= 0.6 is 0 Å². The third kappa shape index (κ3) is 1.35. The molecular formula is C11H14N2O. The number of hydrogen-bond donors (Lipinski definition) is 1. The first-order valence-corrected chi connectivity index (χ1v) is 4.87. The van der Waals surface area contributed by atoms with Crippen LogP contribution in [0.1, 0.15) is 12.5 Å². The van der Waals surface area contributed by atoms with Gasteiger partial charge in [-0.1, -0.05) is 6.07 Å². The number of hydrogen-bond acceptors (Lipinski definition) is 2. The van der Waals surface area contributed by atoms with Gasteiger partial charge in [0.2, 0.25) is 5.91 Å². The van der Waals surface area contributed by atoms with Gasteiger partial charge < -0.3 is 10.2 Å². The van der Waals surface area contributed by atoms with Crippen molar-refractivity contribution in [1.29, 1.82) is 0 Å². The molecule has 0 fully saturated rings. The number of anilines is 2. The fourth-order valence-electron chi connectivity index (χ4n) is 1.76. The molecule has 0 saturated heterocycles. The average molecular weight is 190 g/mol. The van der Waals surface area contributed by atoms with Crippen molar-refractivity contribution in [3.63, 3.8) is 0 Å². The fourth-order valence-corrected chi connectivity index (χ4v) is 1.76. The summed E-state index contributed by atoms with van der Waals surface area (Å²) in [4.78, 5) is 13.4. The van der Waals surface area contributed by atoms with Crippen molar-refractivity contribution in [2.75, 3.05) is 23.3 Å². The van der Waals surface area contributed by atoms with E-state index in [4.69, 9.17) is 0 Å². The monoisotopic (exact) mass is 190 g/mol. The lowest BCUT2D eigenvalue weighted by atomic mass is 10.1. The zero-order valence-corrected chi connectivity index (χ0v) is 8.50. The predicted molar refractivity (Wildman–Crippen MR) is 57.7 cm³/mol. The number of likely N-dealkylation sites (N-methyl/N-ethyl adjacent to an activating group) is 1. The van der Waals surface area contributed by atoms with Crippen LogP contribution in [-0.2, 0) is 4.79 Å². The number of aryl methyl sites for hydroxylation is 1. The molecule has 0 saturated carbocycles. The zero-order valence-electron chi connectivity index (χ0n) is 8.50. The summed E-state index contributed by atoms with van der Waals surface area (Å²) in [6.07, 6.45) is 0. The number of amides is 1. The normalized spacial score (nSPS) is 15.0. The highest BCUT2D eigenvalue weighted by molar-refractivity contribution is 6.02. The summed E-state index contributed by atoms with van der Waals surface area (Å²) >= 11 is 0. The van der Waals surface area contributed by atoms with Crippen LogP contribution in [0.4, 0.5) is 11.4 Å². The smallest absolute Gasteiger partial charge is 0.246 e. The van der Waals surface area contributed by atoms with Crippen LogP contribution in [0.3, 0.4) is 0 Å². The molecule has 1 aromatic carbocycles. The maximum Gasteiger partial charge on any atom is 0.246 e. The van der Waals surface area contributed by atoms with Crippen molar-refractivity contribution < 1.29 is 4.79 Å². The lowest BCUT2D eigenvalue weighted by Crippen LogP contribution is -2.39. The molecule has 0 unspecified atom stereocenters. The van der Waals surface area contributed by atoms with Gasteiger partial charge in [-0.25, -0.2) is 0 Å². The number of benzene rings is 1. The van der Waals surface area contributed by atoms with Gasteiger partial charge in [0, 0.05) is 6.54 Å². The zero-order chi connectivity index (χ0) is 10.1. The van der Waals surface area contributed by atoms with Gasteiger partial charge in [0.25, 0.3) is 0 Å². The minimum absolute atomic E-state index is 0.144. The number of rotatable bonds is 1. The second kappa shape index (κ2) is 3.33. The standard InChI is InChI=1S/C11H14N2O/c1-3-13-10-6-8(2)4-5-9(10)12-7-11(13)14/h4-6,12H,3,7H2,1-2H3. The Morgan fingerprint density at radius 1 is 1.50 bits per heavy atom. The van der Waals surface area contributed by atoms with Crippen molar-refractivity contribution in [3.05, 3.63) is 23.8 Å². The van der Waals surface area contributed by atoms with Crippen molar-refractivity contribution in [2.24, 2.45) is 0 Å². The van der Waals surface area contributed by atoms with Gasteiger partial charge in [-0.15, -0.1) is 0 Å². The summed E-state index contributed by atoms with van der Waals surface area (Å²) in [6, 6.07) is 6.12. The Labute approximate surface area is 83.7 Å². The van der Waals surface area contributed by atoms with E-state index in [-0.39, 0.29) is 5.91 Å². The molecule has 0 aromatic heterocycles. The number of carbonyl (C=O) groups is 1. The molecule has 1 N–H and O–H groups in total. The van der Waals surface area contributed by atoms with Crippen molar-refractivity contribution in [3.8, 4) is 0 Å². The Balaban J connectivity index is 2.49. The molecule has 3 nitrogen and oxygen atoms in total. The highest BCUT2D eigenvalue weighted by Crippen LogP contribution is 2.29. The lowest BCUT2D eigenvalue weighted by Gasteiger charge is -2.29. The van der Waals surface area contributed by atoms with Gasteiger partial charge in [-0.3, -0.25) is 4.79 Å². The summed E-state index contributed by atoms with van der Waals surface area (Å²) in [7, 11) is 0. The van der Waals surface area contributed by atoms with Crippen LogP contribution < -0.4 is 10.2 Å². The molecule has 74 valence electrons. The molecule has 1 heterocycles. The molecule has 1 aliphatic rings. The Bertz CT molecular complexity index is 374. The maximum atomic E-state index is 11.6. The first-order chi connectivity index (χ1) is 6.72. The van der Waals surface area contributed by atoms with Gasteiger partial charge in [0.15, 0.2) is 0 Å². The largest absolute Gasteiger partial charge is 0.374 e. The second-order valence-electron chi connectivity index (χ2n) is 3.51. The molecule has 1 aliphatic heterocycles. The number of nitrogens with zero attached hydrogens (tertiary/aromatic N) is 1. The molecule has 0 radical (unpaired) electrons. The topological polar surface area (TPSA) is 32.3 Å². The molecule has 14 heavy (non-hydrogen) atoms. The molecule has 0 atom stereocenters. The average Bonchev–Trinajstić information content (AvgIpc) is 2.17. The third-order valence-corrected chi connectivity index (χ3v) is 2.49. The summed E-state index contributed by atoms with van der Waals surface area (Å²) in [5.41, 5.74) is 3.24. The Hall–Kier alpha value is -1.51. The van der Waals surface area contributed by atoms with Gasteiger partial charge >= 0.3 is 0 Å². The Kier molecular flexibility index (Phi) is 2.15. The van der Waals surface area contributed by atoms with E-state index < -0.39 is 0 Å². The highest BCUT2D eigenvalue weighted by Gasteiger charge is 2.21. The van der Waals surface area contributed by atoms with E-state index in [1.165, 1.54) is 5.56 Å². The van der Waals surface area contributed by atoms with E-state index in [1.54, 1.807) is 0 Å². The van der Waals surface area contributed by atoms with E-state index >= 15 is 0 Å². The SMILES string of the molecule is CCN1C(=O)CNc2ccc(C)cc21. The van der Waals surface area contributed by atoms with Crippen LogP contribution in [0.15, 0.2) is 18.2 Å². The molecule has 0 spiro atoms. The number of carbonyl (C=O) groups excluding carboxylic acids is 1. The predicted octanol–water partition coefficient (Wildman–Crippen LogP) is 1.77. The summed E-state index contributed by atoms with van der Waals surface area (Å²) in [6.45, 7) is 5.17. The van der Waals surface area contributed by atoms with Crippen LogP contribution in [-0.4, -0.2) is 19.0 Å². The molecule has 1 amide bonds. The number of fused-ring (bicyclic) bond motifs is 1. The Morgan fingerprint density at radius 3 is 3.00 bits per heavy atom. The van der Waals surface area contributed by atoms with Crippen molar-refractivity contribution in [1.82, 2.24) is 0 Å². The van der Waals surface area contributed by atoms with Gasteiger partial charge in [-0.05, 0) is 31.5 Å². The minimum Gasteiger partial charge on any atom is -0.374 e. The molecular weight excluding hydrogens is 176 g/mol. The molecule has 1 aromatic rings. The lowest BCUT2D eigenvalue weighted by molar-refractivity contribution is -0.117. The highest BCUT2D eigenvalue weighted by atomic mass is 16.2. The first-order valence-electron chi connectivity index (χ1n) is 4.87. The van der Waals surface area contributed by atoms with Crippen molar-refractivity contribution >= 4 is 17.3 Å². The molecule has 0 bridgehead atoms. The Morgan fingerprint density at radius 2 is 2.29 bits per heavy atom. The summed E-state index contributed by atoms with van der Waals surface area (Å²) in [5, 5.41) is 3.11. The summed E-state index contributed by atoms with van der Waals surface area (Å²) < 4.78 is 0. The van der Waals surface area contributed by atoms with E-state index in [1.807, 2.05) is 30.9 Å². The van der Waals surface area contributed by atoms with Crippen molar-refractivity contribution in [2.45, 2.75) is 13.8 Å². The number of nitrogens with one attached hydrogen (secondary N) is 1.